The van der Waals surface area contributed by atoms with Crippen LogP contribution >= 0.6 is 0 Å². The molecule has 3 aromatic heterocycles. The second-order valence-electron chi connectivity index (χ2n) is 5.86. The zero-order valence-electron chi connectivity index (χ0n) is 13.8. The number of rotatable bonds is 5. The molecular formula is C21H19N3O. The fourth-order valence-corrected chi connectivity index (χ4v) is 2.79. The smallest absolute Gasteiger partial charge is 0.140 e. The first-order chi connectivity index (χ1) is 12.3. The van der Waals surface area contributed by atoms with E-state index >= 15 is 0 Å². The SMILES string of the molecule is C=c1ccc(=Cc2ccc(-c3ccc[nH]3)n2OCc2ccccc2)[nH]1. The zero-order valence-corrected chi connectivity index (χ0v) is 13.8. The van der Waals surface area contributed by atoms with Gasteiger partial charge in [-0.15, -0.1) is 0 Å². The number of aromatic amines is 2. The number of nitrogens with zero attached hydrogens (tertiary/aromatic N) is 1. The Hall–Kier alpha value is -3.40. The number of H-pyrrole nitrogens is 2. The maximum absolute atomic E-state index is 6.13. The van der Waals surface area contributed by atoms with Crippen LogP contribution in [0, 0.1) is 0 Å². The van der Waals surface area contributed by atoms with E-state index in [1.807, 2.05) is 65.5 Å². The van der Waals surface area contributed by atoms with Gasteiger partial charge in [-0.25, -0.2) is 0 Å². The minimum absolute atomic E-state index is 0.495. The third kappa shape index (κ3) is 3.28. The van der Waals surface area contributed by atoms with E-state index in [-0.39, 0.29) is 0 Å². The number of hydrogen-bond donors (Lipinski definition) is 2. The average Bonchev–Trinajstić information content (AvgIpc) is 3.36. The first-order valence-corrected chi connectivity index (χ1v) is 8.18. The number of benzene rings is 1. The van der Waals surface area contributed by atoms with Gasteiger partial charge in [0.25, 0.3) is 0 Å². The Morgan fingerprint density at radius 2 is 1.84 bits per heavy atom. The van der Waals surface area contributed by atoms with Crippen molar-refractivity contribution >= 4 is 12.7 Å². The molecule has 4 nitrogen and oxygen atoms in total. The molecule has 0 atom stereocenters. The summed E-state index contributed by atoms with van der Waals surface area (Å²) in [6.07, 6.45) is 3.96. The molecule has 124 valence electrons. The lowest BCUT2D eigenvalue weighted by molar-refractivity contribution is 0.100. The summed E-state index contributed by atoms with van der Waals surface area (Å²) in [5.41, 5.74) is 4.08. The van der Waals surface area contributed by atoms with E-state index < -0.39 is 0 Å². The van der Waals surface area contributed by atoms with Gasteiger partial charge in [0, 0.05) is 16.9 Å². The molecule has 25 heavy (non-hydrogen) atoms. The maximum Gasteiger partial charge on any atom is 0.140 e. The molecule has 0 unspecified atom stereocenters. The molecule has 0 bridgehead atoms. The fraction of sp³-hybridized carbons (Fsp3) is 0.0476. The van der Waals surface area contributed by atoms with Gasteiger partial charge in [-0.2, -0.15) is 4.73 Å². The van der Waals surface area contributed by atoms with E-state index in [9.17, 15) is 0 Å². The molecule has 0 fully saturated rings. The number of aromatic nitrogens is 3. The summed E-state index contributed by atoms with van der Waals surface area (Å²) < 4.78 is 1.86. The van der Waals surface area contributed by atoms with Crippen molar-refractivity contribution in [3.8, 4) is 11.4 Å². The van der Waals surface area contributed by atoms with Crippen molar-refractivity contribution in [1.82, 2.24) is 14.7 Å². The summed E-state index contributed by atoms with van der Waals surface area (Å²) in [4.78, 5) is 12.6. The van der Waals surface area contributed by atoms with E-state index in [0.29, 0.717) is 6.61 Å². The summed E-state index contributed by atoms with van der Waals surface area (Å²) in [5, 5.41) is 1.88. The quantitative estimate of drug-likeness (QED) is 0.581. The molecule has 4 heteroatoms. The molecule has 4 aromatic rings. The second-order valence-corrected chi connectivity index (χ2v) is 5.86. The van der Waals surface area contributed by atoms with Gasteiger partial charge in [0.1, 0.15) is 12.3 Å². The van der Waals surface area contributed by atoms with Crippen LogP contribution in [-0.2, 0) is 6.61 Å². The summed E-state index contributed by atoms with van der Waals surface area (Å²) in [7, 11) is 0. The normalized spacial score (nSPS) is 11.8. The van der Waals surface area contributed by atoms with Crippen LogP contribution in [0.5, 0.6) is 0 Å². The molecule has 1 aromatic carbocycles. The van der Waals surface area contributed by atoms with Gasteiger partial charge in [-0.05, 0) is 48.0 Å². The Kier molecular flexibility index (Phi) is 4.01. The number of nitrogens with one attached hydrogen (secondary N) is 2. The van der Waals surface area contributed by atoms with Crippen LogP contribution in [0.2, 0.25) is 0 Å². The molecule has 0 saturated carbocycles. The van der Waals surface area contributed by atoms with Gasteiger partial charge >= 0.3 is 0 Å². The molecule has 0 aliphatic carbocycles. The Morgan fingerprint density at radius 1 is 0.960 bits per heavy atom. The van der Waals surface area contributed by atoms with Gasteiger partial charge in [-0.1, -0.05) is 36.9 Å². The van der Waals surface area contributed by atoms with Gasteiger partial charge < -0.3 is 14.8 Å². The molecule has 0 aliphatic rings. The van der Waals surface area contributed by atoms with Crippen molar-refractivity contribution in [2.45, 2.75) is 6.61 Å². The topological polar surface area (TPSA) is 45.7 Å². The van der Waals surface area contributed by atoms with Crippen LogP contribution in [-0.4, -0.2) is 14.7 Å². The van der Waals surface area contributed by atoms with Crippen LogP contribution in [0.25, 0.3) is 24.0 Å². The van der Waals surface area contributed by atoms with Crippen LogP contribution in [0.15, 0.2) is 72.9 Å². The van der Waals surface area contributed by atoms with Gasteiger partial charge in [0.2, 0.25) is 0 Å². The van der Waals surface area contributed by atoms with Crippen molar-refractivity contribution in [2.75, 3.05) is 0 Å². The predicted molar refractivity (Wildman–Crippen MR) is 100 cm³/mol. The Morgan fingerprint density at radius 3 is 2.56 bits per heavy atom. The molecule has 0 amide bonds. The molecule has 0 saturated heterocycles. The van der Waals surface area contributed by atoms with Gasteiger partial charge in [-0.3, -0.25) is 0 Å². The van der Waals surface area contributed by atoms with E-state index in [1.165, 1.54) is 0 Å². The van der Waals surface area contributed by atoms with E-state index in [0.717, 1.165) is 33.3 Å². The Bertz CT molecular complexity index is 1060. The van der Waals surface area contributed by atoms with E-state index in [1.54, 1.807) is 0 Å². The Labute approximate surface area is 145 Å². The first kappa shape index (κ1) is 15.1. The third-order valence-corrected chi connectivity index (χ3v) is 4.01. The van der Waals surface area contributed by atoms with Gasteiger partial charge in [0.05, 0.1) is 11.4 Å². The van der Waals surface area contributed by atoms with E-state index in [4.69, 9.17) is 4.84 Å². The minimum Gasteiger partial charge on any atom is -0.408 e. The van der Waals surface area contributed by atoms with E-state index in [2.05, 4.69) is 34.7 Å². The summed E-state index contributed by atoms with van der Waals surface area (Å²) in [6, 6.07) is 22.2. The van der Waals surface area contributed by atoms with Crippen molar-refractivity contribution in [2.24, 2.45) is 0 Å². The third-order valence-electron chi connectivity index (χ3n) is 4.01. The molecule has 3 heterocycles. The lowest BCUT2D eigenvalue weighted by atomic mass is 10.2. The summed E-state index contributed by atoms with van der Waals surface area (Å²) in [6.45, 7) is 4.40. The van der Waals surface area contributed by atoms with Crippen LogP contribution in [0.1, 0.15) is 11.3 Å². The molecule has 0 aliphatic heterocycles. The lowest BCUT2D eigenvalue weighted by Gasteiger charge is -2.13. The van der Waals surface area contributed by atoms with Crippen LogP contribution in [0.4, 0.5) is 0 Å². The molecule has 0 spiro atoms. The minimum atomic E-state index is 0.495. The van der Waals surface area contributed by atoms with Crippen molar-refractivity contribution in [3.63, 3.8) is 0 Å². The fourth-order valence-electron chi connectivity index (χ4n) is 2.79. The molecule has 2 N–H and O–H groups in total. The summed E-state index contributed by atoms with van der Waals surface area (Å²) >= 11 is 0. The Balaban J connectivity index is 1.73. The van der Waals surface area contributed by atoms with Crippen molar-refractivity contribution in [3.05, 3.63) is 94.9 Å². The zero-order chi connectivity index (χ0) is 17.1. The summed E-state index contributed by atoms with van der Waals surface area (Å²) in [5.74, 6) is 0. The van der Waals surface area contributed by atoms with Crippen LogP contribution < -0.4 is 15.5 Å². The average molecular weight is 329 g/mol. The monoisotopic (exact) mass is 329 g/mol. The molecule has 4 rings (SSSR count). The van der Waals surface area contributed by atoms with Crippen molar-refractivity contribution < 1.29 is 4.84 Å². The largest absolute Gasteiger partial charge is 0.408 e. The highest BCUT2D eigenvalue weighted by Gasteiger charge is 2.11. The lowest BCUT2D eigenvalue weighted by Crippen LogP contribution is -2.16. The van der Waals surface area contributed by atoms with Gasteiger partial charge in [0.15, 0.2) is 0 Å². The van der Waals surface area contributed by atoms with Crippen molar-refractivity contribution in [1.29, 1.82) is 0 Å². The highest BCUT2D eigenvalue weighted by atomic mass is 16.7. The molecule has 0 radical (unpaired) electrons. The maximum atomic E-state index is 6.13. The highest BCUT2D eigenvalue weighted by molar-refractivity contribution is 5.60. The number of hydrogen-bond acceptors (Lipinski definition) is 1. The first-order valence-electron chi connectivity index (χ1n) is 8.18. The highest BCUT2D eigenvalue weighted by Crippen LogP contribution is 2.21. The standard InChI is InChI=1S/C21H19N3O/c1-16-9-10-18(23-16)14-19-11-12-21(20-8-5-13-22-20)24(19)25-15-17-6-3-2-4-7-17/h2-14,22-23H,1,15H2. The predicted octanol–water partition coefficient (Wildman–Crippen LogP) is 2.68. The molecular weight excluding hydrogens is 310 g/mol. The second kappa shape index (κ2) is 6.61. The van der Waals surface area contributed by atoms with Crippen LogP contribution in [0.3, 0.4) is 0 Å².